The molecule has 1 unspecified atom stereocenters. The van der Waals surface area contributed by atoms with Crippen molar-refractivity contribution in [2.75, 3.05) is 11.4 Å². The van der Waals surface area contributed by atoms with E-state index in [1.54, 1.807) is 12.1 Å². The van der Waals surface area contributed by atoms with Crippen LogP contribution in [0, 0.1) is 0 Å². The first kappa shape index (κ1) is 17.1. The van der Waals surface area contributed by atoms with Crippen LogP contribution in [0.25, 0.3) is 22.3 Å². The molecule has 1 aliphatic rings. The van der Waals surface area contributed by atoms with Crippen LogP contribution in [-0.2, 0) is 0 Å². The van der Waals surface area contributed by atoms with Crippen molar-refractivity contribution in [3.8, 4) is 17.1 Å². The van der Waals surface area contributed by atoms with Crippen molar-refractivity contribution in [2.24, 2.45) is 0 Å². The molecule has 26 heavy (non-hydrogen) atoms. The number of phenols is 1. The first-order chi connectivity index (χ1) is 12.7. The molecule has 1 saturated heterocycles. The SMILES string of the molecule is CCC1CCCCN1c1nc(-c2ccccc2O)nc2cc(Cl)ccc12. The number of fused-ring (bicyclic) bond motifs is 1. The van der Waals surface area contributed by atoms with Gasteiger partial charge >= 0.3 is 0 Å². The van der Waals surface area contributed by atoms with Gasteiger partial charge in [0.05, 0.1) is 11.1 Å². The molecule has 1 fully saturated rings. The normalized spacial score (nSPS) is 17.6. The monoisotopic (exact) mass is 367 g/mol. The molecule has 2 heterocycles. The zero-order valence-corrected chi connectivity index (χ0v) is 15.6. The Morgan fingerprint density at radius 2 is 2.00 bits per heavy atom. The van der Waals surface area contributed by atoms with Crippen molar-refractivity contribution in [3.63, 3.8) is 0 Å². The van der Waals surface area contributed by atoms with E-state index in [4.69, 9.17) is 21.6 Å². The first-order valence-electron chi connectivity index (χ1n) is 9.19. The van der Waals surface area contributed by atoms with E-state index < -0.39 is 0 Å². The van der Waals surface area contributed by atoms with Gasteiger partial charge in [-0.3, -0.25) is 0 Å². The maximum Gasteiger partial charge on any atom is 0.165 e. The Kier molecular flexibility index (Phi) is 4.68. The van der Waals surface area contributed by atoms with Crippen LogP contribution in [0.1, 0.15) is 32.6 Å². The topological polar surface area (TPSA) is 49.2 Å². The fourth-order valence-electron chi connectivity index (χ4n) is 3.79. The summed E-state index contributed by atoms with van der Waals surface area (Å²) in [6, 6.07) is 13.4. The third kappa shape index (κ3) is 3.10. The maximum atomic E-state index is 10.3. The summed E-state index contributed by atoms with van der Waals surface area (Å²) in [4.78, 5) is 12.0. The van der Waals surface area contributed by atoms with Crippen LogP contribution in [0.4, 0.5) is 5.82 Å². The lowest BCUT2D eigenvalue weighted by atomic mass is 9.99. The number of benzene rings is 2. The number of phenolic OH excluding ortho intramolecular Hbond substituents is 1. The zero-order chi connectivity index (χ0) is 18.1. The number of nitrogens with zero attached hydrogens (tertiary/aromatic N) is 3. The first-order valence-corrected chi connectivity index (χ1v) is 9.57. The average molecular weight is 368 g/mol. The van der Waals surface area contributed by atoms with Gasteiger partial charge in [-0.25, -0.2) is 9.97 Å². The Labute approximate surface area is 158 Å². The van der Waals surface area contributed by atoms with Crippen LogP contribution in [0.15, 0.2) is 42.5 Å². The quantitative estimate of drug-likeness (QED) is 0.671. The second kappa shape index (κ2) is 7.12. The van der Waals surface area contributed by atoms with Crippen molar-refractivity contribution < 1.29 is 5.11 Å². The van der Waals surface area contributed by atoms with E-state index in [2.05, 4.69) is 11.8 Å². The van der Waals surface area contributed by atoms with Crippen LogP contribution < -0.4 is 4.90 Å². The number of hydrogen-bond donors (Lipinski definition) is 1. The highest BCUT2D eigenvalue weighted by molar-refractivity contribution is 6.31. The fourth-order valence-corrected chi connectivity index (χ4v) is 3.96. The molecule has 1 N–H and O–H groups in total. The highest BCUT2D eigenvalue weighted by atomic mass is 35.5. The van der Waals surface area contributed by atoms with Gasteiger partial charge < -0.3 is 10.0 Å². The maximum absolute atomic E-state index is 10.3. The molecule has 2 aromatic carbocycles. The minimum Gasteiger partial charge on any atom is -0.507 e. The van der Waals surface area contributed by atoms with Gasteiger partial charge in [0.1, 0.15) is 11.6 Å². The summed E-state index contributed by atoms with van der Waals surface area (Å²) in [5.41, 5.74) is 1.45. The summed E-state index contributed by atoms with van der Waals surface area (Å²) < 4.78 is 0. The van der Waals surface area contributed by atoms with Gasteiger partial charge in [0.25, 0.3) is 0 Å². The molecule has 1 atom stereocenters. The highest BCUT2D eigenvalue weighted by Crippen LogP contribution is 2.35. The Morgan fingerprint density at radius 1 is 1.15 bits per heavy atom. The van der Waals surface area contributed by atoms with Crippen LogP contribution in [0.2, 0.25) is 5.02 Å². The number of rotatable bonds is 3. The lowest BCUT2D eigenvalue weighted by Gasteiger charge is -2.37. The molecule has 5 heteroatoms. The smallest absolute Gasteiger partial charge is 0.165 e. The zero-order valence-electron chi connectivity index (χ0n) is 14.8. The molecule has 4 rings (SSSR count). The van der Waals surface area contributed by atoms with Gasteiger partial charge in [-0.1, -0.05) is 30.7 Å². The van der Waals surface area contributed by atoms with E-state index in [0.29, 0.717) is 22.5 Å². The minimum atomic E-state index is 0.186. The van der Waals surface area contributed by atoms with E-state index in [9.17, 15) is 5.11 Å². The van der Waals surface area contributed by atoms with E-state index >= 15 is 0 Å². The van der Waals surface area contributed by atoms with Crippen LogP contribution in [0.3, 0.4) is 0 Å². The number of hydrogen-bond acceptors (Lipinski definition) is 4. The standard InChI is InChI=1S/C21H22ClN3O/c1-2-15-7-5-6-12-25(15)21-16-11-10-14(22)13-18(16)23-20(24-21)17-8-3-4-9-19(17)26/h3-4,8-11,13,15,26H,2,5-7,12H2,1H3. The van der Waals surface area contributed by atoms with E-state index in [1.807, 2.05) is 30.3 Å². The minimum absolute atomic E-state index is 0.186. The molecule has 134 valence electrons. The Bertz CT molecular complexity index is 944. The van der Waals surface area contributed by atoms with Crippen LogP contribution in [-0.4, -0.2) is 27.7 Å². The lowest BCUT2D eigenvalue weighted by molar-refractivity contribution is 0.448. The number of para-hydroxylation sites is 1. The number of aromatic nitrogens is 2. The molecule has 3 aromatic rings. The Balaban J connectivity index is 1.94. The predicted octanol–water partition coefficient (Wildman–Crippen LogP) is 5.42. The van der Waals surface area contributed by atoms with Crippen molar-refractivity contribution >= 4 is 28.3 Å². The number of aromatic hydroxyl groups is 1. The summed E-state index contributed by atoms with van der Waals surface area (Å²) in [6.07, 6.45) is 4.70. The predicted molar refractivity (Wildman–Crippen MR) is 107 cm³/mol. The van der Waals surface area contributed by atoms with Crippen LogP contribution in [0.5, 0.6) is 5.75 Å². The van der Waals surface area contributed by atoms with Gasteiger partial charge in [-0.2, -0.15) is 0 Å². The second-order valence-corrected chi connectivity index (χ2v) is 7.24. The fraction of sp³-hybridized carbons (Fsp3) is 0.333. The van der Waals surface area contributed by atoms with Gasteiger partial charge in [0.2, 0.25) is 0 Å². The van der Waals surface area contributed by atoms with Gasteiger partial charge in [-0.15, -0.1) is 0 Å². The molecule has 0 spiro atoms. The molecule has 0 radical (unpaired) electrons. The summed E-state index contributed by atoms with van der Waals surface area (Å²) in [6.45, 7) is 3.22. The molecule has 1 aromatic heterocycles. The third-order valence-electron chi connectivity index (χ3n) is 5.15. The average Bonchev–Trinajstić information content (AvgIpc) is 2.67. The summed E-state index contributed by atoms with van der Waals surface area (Å²) in [5, 5.41) is 11.9. The summed E-state index contributed by atoms with van der Waals surface area (Å²) in [7, 11) is 0. The van der Waals surface area contributed by atoms with Gasteiger partial charge in [0, 0.05) is 23.0 Å². The van der Waals surface area contributed by atoms with E-state index in [0.717, 1.165) is 29.7 Å². The highest BCUT2D eigenvalue weighted by Gasteiger charge is 2.25. The summed E-state index contributed by atoms with van der Waals surface area (Å²) >= 11 is 6.22. The number of anilines is 1. The van der Waals surface area contributed by atoms with Crippen molar-refractivity contribution in [1.82, 2.24) is 9.97 Å². The van der Waals surface area contributed by atoms with Crippen LogP contribution >= 0.6 is 11.6 Å². The molecule has 4 nitrogen and oxygen atoms in total. The summed E-state index contributed by atoms with van der Waals surface area (Å²) in [5.74, 6) is 1.66. The molecule has 0 amide bonds. The number of piperidine rings is 1. The van der Waals surface area contributed by atoms with Crippen molar-refractivity contribution in [3.05, 3.63) is 47.5 Å². The lowest BCUT2D eigenvalue weighted by Crippen LogP contribution is -2.39. The molecule has 0 bridgehead atoms. The van der Waals surface area contributed by atoms with Crippen molar-refractivity contribution in [1.29, 1.82) is 0 Å². The van der Waals surface area contributed by atoms with E-state index in [1.165, 1.54) is 19.3 Å². The van der Waals surface area contributed by atoms with Gasteiger partial charge in [0.15, 0.2) is 5.82 Å². The molecule has 0 saturated carbocycles. The molecule has 0 aliphatic carbocycles. The van der Waals surface area contributed by atoms with Crippen molar-refractivity contribution in [2.45, 2.75) is 38.6 Å². The molecule has 1 aliphatic heterocycles. The Hall–Kier alpha value is -2.33. The van der Waals surface area contributed by atoms with Gasteiger partial charge in [-0.05, 0) is 56.0 Å². The largest absolute Gasteiger partial charge is 0.507 e. The molecular weight excluding hydrogens is 346 g/mol. The second-order valence-electron chi connectivity index (χ2n) is 6.80. The third-order valence-corrected chi connectivity index (χ3v) is 5.39. The van der Waals surface area contributed by atoms with E-state index in [-0.39, 0.29) is 5.75 Å². The molecular formula is C21H22ClN3O. The Morgan fingerprint density at radius 3 is 2.81 bits per heavy atom. The number of halogens is 1.